The van der Waals surface area contributed by atoms with Gasteiger partial charge in [-0.2, -0.15) is 0 Å². The SMILES string of the molecule is COc1ccc(C(=O)C2CCCN(C(=O)c3cccc(F)c3)C2)cc1. The lowest BCUT2D eigenvalue weighted by Gasteiger charge is -2.32. The minimum absolute atomic E-state index is 0.0272. The van der Waals surface area contributed by atoms with Crippen molar-refractivity contribution in [3.8, 4) is 5.75 Å². The van der Waals surface area contributed by atoms with Crippen LogP contribution in [0.15, 0.2) is 48.5 Å². The van der Waals surface area contributed by atoms with Crippen molar-refractivity contribution in [1.82, 2.24) is 4.90 Å². The van der Waals surface area contributed by atoms with Crippen molar-refractivity contribution < 1.29 is 18.7 Å². The number of Topliss-reactive ketones (excluding diaryl/α,β-unsaturated/α-hetero) is 1. The van der Waals surface area contributed by atoms with Crippen molar-refractivity contribution in [2.75, 3.05) is 20.2 Å². The van der Waals surface area contributed by atoms with Gasteiger partial charge in [0.15, 0.2) is 5.78 Å². The Hall–Kier alpha value is -2.69. The largest absolute Gasteiger partial charge is 0.497 e. The van der Waals surface area contributed by atoms with E-state index in [9.17, 15) is 14.0 Å². The van der Waals surface area contributed by atoms with Gasteiger partial charge in [-0.3, -0.25) is 9.59 Å². The molecular weight excluding hydrogens is 321 g/mol. The number of benzene rings is 2. The van der Waals surface area contributed by atoms with Gasteiger partial charge in [-0.1, -0.05) is 6.07 Å². The van der Waals surface area contributed by atoms with Crippen molar-refractivity contribution >= 4 is 11.7 Å². The van der Waals surface area contributed by atoms with Crippen LogP contribution in [0.25, 0.3) is 0 Å². The maximum Gasteiger partial charge on any atom is 0.253 e. The minimum atomic E-state index is -0.436. The molecule has 1 atom stereocenters. The van der Waals surface area contributed by atoms with Gasteiger partial charge in [-0.25, -0.2) is 4.39 Å². The predicted molar refractivity (Wildman–Crippen MR) is 92.4 cm³/mol. The third-order valence-corrected chi connectivity index (χ3v) is 4.53. The number of hydrogen-bond acceptors (Lipinski definition) is 3. The van der Waals surface area contributed by atoms with Crippen LogP contribution >= 0.6 is 0 Å². The highest BCUT2D eigenvalue weighted by molar-refractivity contribution is 5.99. The van der Waals surface area contributed by atoms with E-state index in [1.165, 1.54) is 18.2 Å². The first-order chi connectivity index (χ1) is 12.1. The number of halogens is 1. The van der Waals surface area contributed by atoms with Crippen LogP contribution in [0, 0.1) is 11.7 Å². The molecule has 0 saturated carbocycles. The molecule has 0 N–H and O–H groups in total. The maximum absolute atomic E-state index is 13.3. The summed E-state index contributed by atoms with van der Waals surface area (Å²) in [5.41, 5.74) is 0.934. The van der Waals surface area contributed by atoms with E-state index in [1.807, 2.05) is 0 Å². The minimum Gasteiger partial charge on any atom is -0.497 e. The fraction of sp³-hybridized carbons (Fsp3) is 0.300. The number of hydrogen-bond donors (Lipinski definition) is 0. The summed E-state index contributed by atoms with van der Waals surface area (Å²) >= 11 is 0. The molecule has 0 spiro atoms. The highest BCUT2D eigenvalue weighted by Gasteiger charge is 2.29. The third kappa shape index (κ3) is 3.87. The smallest absolute Gasteiger partial charge is 0.253 e. The second kappa shape index (κ2) is 7.47. The van der Waals surface area contributed by atoms with Gasteiger partial charge < -0.3 is 9.64 Å². The molecule has 1 amide bonds. The summed E-state index contributed by atoms with van der Waals surface area (Å²) in [6.07, 6.45) is 1.51. The molecule has 0 aromatic heterocycles. The number of likely N-dealkylation sites (tertiary alicyclic amines) is 1. The first-order valence-corrected chi connectivity index (χ1v) is 8.31. The van der Waals surface area contributed by atoms with Crippen LogP contribution < -0.4 is 4.74 Å². The summed E-state index contributed by atoms with van der Waals surface area (Å²) in [5.74, 6) is -0.178. The molecule has 130 valence electrons. The summed E-state index contributed by atoms with van der Waals surface area (Å²) in [5, 5.41) is 0. The number of carbonyl (C=O) groups excluding carboxylic acids is 2. The molecule has 1 heterocycles. The lowest BCUT2D eigenvalue weighted by atomic mass is 9.89. The molecule has 0 radical (unpaired) electrons. The highest BCUT2D eigenvalue weighted by Crippen LogP contribution is 2.23. The van der Waals surface area contributed by atoms with E-state index in [1.54, 1.807) is 42.3 Å². The van der Waals surface area contributed by atoms with Gasteiger partial charge in [0, 0.05) is 30.1 Å². The van der Waals surface area contributed by atoms with Crippen molar-refractivity contribution in [2.45, 2.75) is 12.8 Å². The third-order valence-electron chi connectivity index (χ3n) is 4.53. The van der Waals surface area contributed by atoms with E-state index in [0.717, 1.165) is 12.8 Å². The van der Waals surface area contributed by atoms with Crippen LogP contribution in [-0.2, 0) is 0 Å². The molecule has 1 fully saturated rings. The molecule has 1 aliphatic rings. The molecule has 0 aliphatic carbocycles. The zero-order chi connectivity index (χ0) is 17.8. The van der Waals surface area contributed by atoms with Crippen LogP contribution in [0.3, 0.4) is 0 Å². The average molecular weight is 341 g/mol. The van der Waals surface area contributed by atoms with Gasteiger partial charge in [0.1, 0.15) is 11.6 Å². The van der Waals surface area contributed by atoms with E-state index in [2.05, 4.69) is 0 Å². The fourth-order valence-electron chi connectivity index (χ4n) is 3.17. The Bertz CT molecular complexity index is 773. The lowest BCUT2D eigenvalue weighted by molar-refractivity contribution is 0.0636. The Labute approximate surface area is 146 Å². The van der Waals surface area contributed by atoms with Gasteiger partial charge in [0.2, 0.25) is 0 Å². The van der Waals surface area contributed by atoms with Gasteiger partial charge in [0.05, 0.1) is 7.11 Å². The summed E-state index contributed by atoms with van der Waals surface area (Å²) in [4.78, 5) is 26.9. The normalized spacial score (nSPS) is 17.2. The molecule has 3 rings (SSSR count). The summed E-state index contributed by atoms with van der Waals surface area (Å²) in [7, 11) is 1.58. The van der Waals surface area contributed by atoms with Crippen molar-refractivity contribution in [3.63, 3.8) is 0 Å². The maximum atomic E-state index is 13.3. The molecule has 1 saturated heterocycles. The molecule has 1 unspecified atom stereocenters. The van der Waals surface area contributed by atoms with Crippen LogP contribution in [-0.4, -0.2) is 36.8 Å². The van der Waals surface area contributed by atoms with E-state index in [-0.39, 0.29) is 17.6 Å². The monoisotopic (exact) mass is 341 g/mol. The Morgan fingerprint density at radius 2 is 1.88 bits per heavy atom. The number of carbonyl (C=O) groups is 2. The Balaban J connectivity index is 1.71. The standard InChI is InChI=1S/C20H20FNO3/c1-25-18-9-7-14(8-10-18)19(23)16-5-3-11-22(13-16)20(24)15-4-2-6-17(21)12-15/h2,4,6-10,12,16H,3,5,11,13H2,1H3. The summed E-state index contributed by atoms with van der Waals surface area (Å²) in [6, 6.07) is 12.7. The van der Waals surface area contributed by atoms with E-state index in [0.29, 0.717) is 30.0 Å². The van der Waals surface area contributed by atoms with Gasteiger partial charge in [0.25, 0.3) is 5.91 Å². The average Bonchev–Trinajstić information content (AvgIpc) is 2.67. The molecule has 1 aliphatic heterocycles. The fourth-order valence-corrected chi connectivity index (χ4v) is 3.17. The van der Waals surface area contributed by atoms with Crippen molar-refractivity contribution in [2.24, 2.45) is 5.92 Å². The number of nitrogens with zero attached hydrogens (tertiary/aromatic N) is 1. The molecule has 25 heavy (non-hydrogen) atoms. The number of methoxy groups -OCH3 is 1. The molecule has 5 heteroatoms. The number of ketones is 1. The van der Waals surface area contributed by atoms with Crippen molar-refractivity contribution in [3.05, 3.63) is 65.5 Å². The lowest BCUT2D eigenvalue weighted by Crippen LogP contribution is -2.42. The zero-order valence-electron chi connectivity index (χ0n) is 14.1. The molecule has 2 aromatic rings. The molecule has 0 bridgehead atoms. The van der Waals surface area contributed by atoms with E-state index in [4.69, 9.17) is 4.74 Å². The first kappa shape index (κ1) is 17.1. The number of ether oxygens (including phenoxy) is 1. The van der Waals surface area contributed by atoms with E-state index < -0.39 is 5.82 Å². The summed E-state index contributed by atoms with van der Waals surface area (Å²) < 4.78 is 18.5. The molecular formula is C20H20FNO3. The number of piperidine rings is 1. The molecule has 4 nitrogen and oxygen atoms in total. The van der Waals surface area contributed by atoms with E-state index >= 15 is 0 Å². The van der Waals surface area contributed by atoms with Gasteiger partial charge in [-0.05, 0) is 55.3 Å². The number of rotatable bonds is 4. The van der Waals surface area contributed by atoms with Gasteiger partial charge in [-0.15, -0.1) is 0 Å². The Morgan fingerprint density at radius 3 is 2.56 bits per heavy atom. The quantitative estimate of drug-likeness (QED) is 0.799. The predicted octanol–water partition coefficient (Wildman–Crippen LogP) is 3.57. The van der Waals surface area contributed by atoms with Crippen LogP contribution in [0.5, 0.6) is 5.75 Å². The number of amides is 1. The second-order valence-electron chi connectivity index (χ2n) is 6.19. The summed E-state index contributed by atoms with van der Waals surface area (Å²) in [6.45, 7) is 0.946. The Morgan fingerprint density at radius 1 is 1.12 bits per heavy atom. The second-order valence-corrected chi connectivity index (χ2v) is 6.19. The zero-order valence-corrected chi connectivity index (χ0v) is 14.1. The van der Waals surface area contributed by atoms with Crippen LogP contribution in [0.2, 0.25) is 0 Å². The highest BCUT2D eigenvalue weighted by atomic mass is 19.1. The first-order valence-electron chi connectivity index (χ1n) is 8.31. The van der Waals surface area contributed by atoms with Crippen LogP contribution in [0.4, 0.5) is 4.39 Å². The Kier molecular flexibility index (Phi) is 5.12. The van der Waals surface area contributed by atoms with Crippen LogP contribution in [0.1, 0.15) is 33.6 Å². The van der Waals surface area contributed by atoms with Crippen molar-refractivity contribution in [1.29, 1.82) is 0 Å². The van der Waals surface area contributed by atoms with Gasteiger partial charge >= 0.3 is 0 Å². The topological polar surface area (TPSA) is 46.6 Å². The molecule has 2 aromatic carbocycles.